The highest BCUT2D eigenvalue weighted by Crippen LogP contribution is 2.28. The molecule has 2 heterocycles. The van der Waals surface area contributed by atoms with Crippen LogP contribution in [-0.4, -0.2) is 32.3 Å². The van der Waals surface area contributed by atoms with E-state index in [1.807, 2.05) is 13.8 Å². The molecule has 0 spiro atoms. The van der Waals surface area contributed by atoms with Gasteiger partial charge in [-0.15, -0.1) is 10.2 Å². The van der Waals surface area contributed by atoms with Gasteiger partial charge in [-0.05, 0) is 45.1 Å². The third-order valence-corrected chi connectivity index (χ3v) is 4.50. The van der Waals surface area contributed by atoms with Crippen LogP contribution in [0.2, 0.25) is 0 Å². The number of aromatic nitrogens is 4. The maximum Gasteiger partial charge on any atom is 0.253 e. The van der Waals surface area contributed by atoms with E-state index < -0.39 is 0 Å². The van der Waals surface area contributed by atoms with Crippen molar-refractivity contribution in [2.75, 3.05) is 0 Å². The first-order chi connectivity index (χ1) is 11.5. The molecule has 0 aliphatic heterocycles. The standard InChI is InChI=1S/C17H23N5O2/c1-4-15-21-22-16(24-15)9-12-5-6-13(8-12)18-17(23)14-7-10(2)19-20-11(14)3/h7,12-13H,4-6,8-9H2,1-3H3,(H,18,23)/t12-,13+/m1/s1. The second kappa shape index (κ2) is 7.07. The van der Waals surface area contributed by atoms with Crippen LogP contribution in [0.3, 0.4) is 0 Å². The summed E-state index contributed by atoms with van der Waals surface area (Å²) in [5.41, 5.74) is 2.01. The summed E-state index contributed by atoms with van der Waals surface area (Å²) < 4.78 is 5.58. The van der Waals surface area contributed by atoms with Crippen molar-refractivity contribution in [2.24, 2.45) is 5.92 Å². The molecular formula is C17H23N5O2. The molecule has 1 aliphatic carbocycles. The molecule has 1 aliphatic rings. The van der Waals surface area contributed by atoms with Gasteiger partial charge >= 0.3 is 0 Å². The molecule has 0 bridgehead atoms. The lowest BCUT2D eigenvalue weighted by atomic mass is 10.0. The smallest absolute Gasteiger partial charge is 0.253 e. The number of aryl methyl sites for hydroxylation is 3. The molecule has 0 aromatic carbocycles. The molecule has 1 N–H and O–H groups in total. The topological polar surface area (TPSA) is 93.8 Å². The van der Waals surface area contributed by atoms with Gasteiger partial charge in [0.05, 0.1) is 17.0 Å². The molecule has 7 nitrogen and oxygen atoms in total. The molecule has 128 valence electrons. The quantitative estimate of drug-likeness (QED) is 0.903. The lowest BCUT2D eigenvalue weighted by Gasteiger charge is -2.14. The Labute approximate surface area is 141 Å². The predicted molar refractivity (Wildman–Crippen MR) is 87.5 cm³/mol. The first kappa shape index (κ1) is 16.5. The highest BCUT2D eigenvalue weighted by Gasteiger charge is 2.28. The largest absolute Gasteiger partial charge is 0.425 e. The monoisotopic (exact) mass is 329 g/mol. The van der Waals surface area contributed by atoms with Crippen LogP contribution in [0.5, 0.6) is 0 Å². The summed E-state index contributed by atoms with van der Waals surface area (Å²) in [6.45, 7) is 5.64. The van der Waals surface area contributed by atoms with Crippen LogP contribution in [0.1, 0.15) is 59.7 Å². The Bertz CT molecular complexity index is 728. The number of rotatable bonds is 5. The van der Waals surface area contributed by atoms with E-state index in [4.69, 9.17) is 4.42 Å². The third-order valence-electron chi connectivity index (χ3n) is 4.50. The van der Waals surface area contributed by atoms with Crippen molar-refractivity contribution in [1.29, 1.82) is 0 Å². The fraction of sp³-hybridized carbons (Fsp3) is 0.588. The van der Waals surface area contributed by atoms with Crippen molar-refractivity contribution in [1.82, 2.24) is 25.7 Å². The summed E-state index contributed by atoms with van der Waals surface area (Å²) in [4.78, 5) is 12.5. The summed E-state index contributed by atoms with van der Waals surface area (Å²) in [5, 5.41) is 19.2. The average molecular weight is 329 g/mol. The van der Waals surface area contributed by atoms with Crippen molar-refractivity contribution < 1.29 is 9.21 Å². The highest BCUT2D eigenvalue weighted by atomic mass is 16.4. The molecular weight excluding hydrogens is 306 g/mol. The highest BCUT2D eigenvalue weighted by molar-refractivity contribution is 5.95. The van der Waals surface area contributed by atoms with Gasteiger partial charge in [0.25, 0.3) is 5.91 Å². The van der Waals surface area contributed by atoms with E-state index >= 15 is 0 Å². The molecule has 0 radical (unpaired) electrons. The van der Waals surface area contributed by atoms with Crippen molar-refractivity contribution in [3.63, 3.8) is 0 Å². The Morgan fingerprint density at radius 2 is 2.00 bits per heavy atom. The van der Waals surface area contributed by atoms with E-state index in [9.17, 15) is 4.79 Å². The molecule has 1 saturated carbocycles. The Hall–Kier alpha value is -2.31. The van der Waals surface area contributed by atoms with Crippen LogP contribution in [0, 0.1) is 19.8 Å². The lowest BCUT2D eigenvalue weighted by Crippen LogP contribution is -2.33. The molecule has 2 aromatic heterocycles. The molecule has 1 amide bonds. The van der Waals surface area contributed by atoms with Crippen LogP contribution < -0.4 is 5.32 Å². The maximum absolute atomic E-state index is 12.5. The lowest BCUT2D eigenvalue weighted by molar-refractivity contribution is 0.0935. The van der Waals surface area contributed by atoms with E-state index in [0.29, 0.717) is 29.0 Å². The zero-order valence-corrected chi connectivity index (χ0v) is 14.4. The Morgan fingerprint density at radius 1 is 1.21 bits per heavy atom. The molecule has 24 heavy (non-hydrogen) atoms. The van der Waals surface area contributed by atoms with Gasteiger partial charge in [-0.3, -0.25) is 4.79 Å². The molecule has 0 saturated heterocycles. The summed E-state index contributed by atoms with van der Waals surface area (Å²) in [5.74, 6) is 1.79. The number of hydrogen-bond acceptors (Lipinski definition) is 6. The van der Waals surface area contributed by atoms with Crippen molar-refractivity contribution in [3.05, 3.63) is 34.8 Å². The van der Waals surface area contributed by atoms with Crippen molar-refractivity contribution in [2.45, 2.75) is 58.9 Å². The van der Waals surface area contributed by atoms with Gasteiger partial charge in [0, 0.05) is 18.9 Å². The van der Waals surface area contributed by atoms with Crippen LogP contribution in [0.25, 0.3) is 0 Å². The van der Waals surface area contributed by atoms with Crippen molar-refractivity contribution in [3.8, 4) is 0 Å². The fourth-order valence-corrected chi connectivity index (χ4v) is 3.20. The number of hydrogen-bond donors (Lipinski definition) is 1. The zero-order valence-electron chi connectivity index (χ0n) is 14.4. The summed E-state index contributed by atoms with van der Waals surface area (Å²) in [6.07, 6.45) is 4.51. The zero-order chi connectivity index (χ0) is 17.1. The third kappa shape index (κ3) is 3.77. The summed E-state index contributed by atoms with van der Waals surface area (Å²) in [7, 11) is 0. The molecule has 1 fully saturated rings. The molecule has 0 unspecified atom stereocenters. The first-order valence-corrected chi connectivity index (χ1v) is 8.48. The molecule has 3 rings (SSSR count). The first-order valence-electron chi connectivity index (χ1n) is 8.48. The van der Waals surface area contributed by atoms with Crippen LogP contribution in [0.15, 0.2) is 10.5 Å². The second-order valence-electron chi connectivity index (χ2n) is 6.48. The Balaban J connectivity index is 1.55. The minimum Gasteiger partial charge on any atom is -0.425 e. The summed E-state index contributed by atoms with van der Waals surface area (Å²) in [6, 6.07) is 1.97. The average Bonchev–Trinajstić information content (AvgIpc) is 3.19. The Kier molecular flexibility index (Phi) is 4.87. The maximum atomic E-state index is 12.5. The molecule has 2 aromatic rings. The Morgan fingerprint density at radius 3 is 2.75 bits per heavy atom. The predicted octanol–water partition coefficient (Wildman–Crippen LogP) is 2.18. The molecule has 7 heteroatoms. The van der Waals surface area contributed by atoms with E-state index in [0.717, 1.165) is 37.8 Å². The van der Waals surface area contributed by atoms with Crippen LogP contribution in [0.4, 0.5) is 0 Å². The summed E-state index contributed by atoms with van der Waals surface area (Å²) >= 11 is 0. The van der Waals surface area contributed by atoms with Gasteiger partial charge in [-0.1, -0.05) is 6.92 Å². The van der Waals surface area contributed by atoms with Crippen LogP contribution in [-0.2, 0) is 12.8 Å². The van der Waals surface area contributed by atoms with E-state index in [2.05, 4.69) is 25.7 Å². The van der Waals surface area contributed by atoms with E-state index in [1.165, 1.54) is 0 Å². The number of carbonyl (C=O) groups excluding carboxylic acids is 1. The van der Waals surface area contributed by atoms with Gasteiger partial charge in [0.1, 0.15) is 0 Å². The molecule has 2 atom stereocenters. The number of amides is 1. The van der Waals surface area contributed by atoms with Crippen LogP contribution >= 0.6 is 0 Å². The SMILES string of the molecule is CCc1nnc(C[C@@H]2CC[C@H](NC(=O)c3cc(C)nnc3C)C2)o1. The fourth-order valence-electron chi connectivity index (χ4n) is 3.20. The second-order valence-corrected chi connectivity index (χ2v) is 6.48. The van der Waals surface area contributed by atoms with Gasteiger partial charge in [0.15, 0.2) is 0 Å². The number of nitrogens with one attached hydrogen (secondary N) is 1. The number of carbonyl (C=O) groups is 1. The minimum atomic E-state index is -0.0674. The van der Waals surface area contributed by atoms with E-state index in [1.54, 1.807) is 13.0 Å². The number of nitrogens with zero attached hydrogens (tertiary/aromatic N) is 4. The van der Waals surface area contributed by atoms with E-state index in [-0.39, 0.29) is 11.9 Å². The van der Waals surface area contributed by atoms with Gasteiger partial charge in [-0.25, -0.2) is 0 Å². The van der Waals surface area contributed by atoms with Crippen molar-refractivity contribution >= 4 is 5.91 Å². The van der Waals surface area contributed by atoms with Gasteiger partial charge in [-0.2, -0.15) is 10.2 Å². The normalized spacial score (nSPS) is 20.3. The minimum absolute atomic E-state index is 0.0674. The van der Waals surface area contributed by atoms with Gasteiger partial charge < -0.3 is 9.73 Å². The van der Waals surface area contributed by atoms with Gasteiger partial charge in [0.2, 0.25) is 11.8 Å².